The first-order chi connectivity index (χ1) is 9.08. The zero-order valence-corrected chi connectivity index (χ0v) is 10.8. The third-order valence-electron chi connectivity index (χ3n) is 3.37. The number of piperidine rings is 1. The summed E-state index contributed by atoms with van der Waals surface area (Å²) in [6.45, 7) is 3.89. The Labute approximate surface area is 110 Å². The normalized spacial score (nSPS) is 16.3. The number of aryl methyl sites for hydroxylation is 1. The Bertz CT molecular complexity index is 473. The van der Waals surface area contributed by atoms with Crippen LogP contribution in [0.4, 0.5) is 10.1 Å². The second kappa shape index (κ2) is 5.97. The molecule has 1 saturated heterocycles. The Morgan fingerprint density at radius 3 is 2.79 bits per heavy atom. The maximum Gasteiger partial charge on any atom is 0.313 e. The molecule has 0 spiro atoms. The van der Waals surface area contributed by atoms with Gasteiger partial charge in [0.1, 0.15) is 5.82 Å². The average Bonchev–Trinajstić information content (AvgIpc) is 2.40. The van der Waals surface area contributed by atoms with E-state index in [0.29, 0.717) is 18.1 Å². The number of nitro benzene ring substituents is 1. The van der Waals surface area contributed by atoms with Crippen LogP contribution in [0.25, 0.3) is 0 Å². The quantitative estimate of drug-likeness (QED) is 0.672. The highest BCUT2D eigenvalue weighted by atomic mass is 19.1. The van der Waals surface area contributed by atoms with Gasteiger partial charge in [0, 0.05) is 0 Å². The fourth-order valence-corrected chi connectivity index (χ4v) is 2.16. The highest BCUT2D eigenvalue weighted by Gasteiger charge is 2.20. The zero-order chi connectivity index (χ0) is 13.8. The van der Waals surface area contributed by atoms with E-state index >= 15 is 0 Å². The van der Waals surface area contributed by atoms with Gasteiger partial charge in [0.2, 0.25) is 0 Å². The molecule has 1 aromatic rings. The molecule has 6 heteroatoms. The summed E-state index contributed by atoms with van der Waals surface area (Å²) in [5.74, 6) is -0.0328. The Kier molecular flexibility index (Phi) is 4.31. The van der Waals surface area contributed by atoms with Crippen LogP contribution in [0.15, 0.2) is 12.1 Å². The maximum atomic E-state index is 13.3. The third-order valence-corrected chi connectivity index (χ3v) is 3.37. The topological polar surface area (TPSA) is 64.4 Å². The van der Waals surface area contributed by atoms with Crippen LogP contribution in [0, 0.1) is 28.8 Å². The summed E-state index contributed by atoms with van der Waals surface area (Å²) >= 11 is 0. The van der Waals surface area contributed by atoms with Crippen LogP contribution >= 0.6 is 0 Å². The molecular weight excluding hydrogens is 251 g/mol. The summed E-state index contributed by atoms with van der Waals surface area (Å²) < 4.78 is 18.9. The van der Waals surface area contributed by atoms with Crippen molar-refractivity contribution in [1.29, 1.82) is 0 Å². The van der Waals surface area contributed by atoms with Crippen molar-refractivity contribution in [2.45, 2.75) is 19.8 Å². The number of nitrogens with zero attached hydrogens (tertiary/aromatic N) is 1. The molecule has 0 unspecified atom stereocenters. The second-order valence-corrected chi connectivity index (χ2v) is 4.83. The van der Waals surface area contributed by atoms with Gasteiger partial charge in [-0.3, -0.25) is 10.1 Å². The lowest BCUT2D eigenvalue weighted by Crippen LogP contribution is -2.30. The highest BCUT2D eigenvalue weighted by Crippen LogP contribution is 2.30. The minimum absolute atomic E-state index is 0.155. The first kappa shape index (κ1) is 13.7. The Hall–Kier alpha value is -1.69. The molecule has 5 nitrogen and oxygen atoms in total. The van der Waals surface area contributed by atoms with Crippen molar-refractivity contribution in [1.82, 2.24) is 5.32 Å². The number of hydrogen-bond acceptors (Lipinski definition) is 4. The lowest BCUT2D eigenvalue weighted by atomic mass is 9.99. The van der Waals surface area contributed by atoms with Crippen molar-refractivity contribution in [2.24, 2.45) is 5.92 Å². The molecule has 104 valence electrons. The Morgan fingerprint density at radius 2 is 2.16 bits per heavy atom. The molecule has 2 rings (SSSR count). The van der Waals surface area contributed by atoms with Crippen molar-refractivity contribution in [2.75, 3.05) is 19.7 Å². The molecule has 0 saturated carbocycles. The van der Waals surface area contributed by atoms with Crippen LogP contribution in [0.5, 0.6) is 5.75 Å². The molecule has 1 aliphatic heterocycles. The van der Waals surface area contributed by atoms with Gasteiger partial charge in [-0.25, -0.2) is 4.39 Å². The number of halogens is 1. The molecular formula is C13H17FN2O3. The van der Waals surface area contributed by atoms with E-state index in [1.165, 1.54) is 6.07 Å². The van der Waals surface area contributed by atoms with Gasteiger partial charge in [-0.05, 0) is 50.4 Å². The van der Waals surface area contributed by atoms with E-state index in [0.717, 1.165) is 32.0 Å². The van der Waals surface area contributed by atoms with Crippen molar-refractivity contribution in [3.05, 3.63) is 33.6 Å². The van der Waals surface area contributed by atoms with Crippen LogP contribution in [0.2, 0.25) is 0 Å². The molecule has 0 radical (unpaired) electrons. The molecule has 1 N–H and O–H groups in total. The van der Waals surface area contributed by atoms with Crippen LogP contribution in [-0.4, -0.2) is 24.6 Å². The van der Waals surface area contributed by atoms with Crippen LogP contribution in [0.3, 0.4) is 0 Å². The maximum absolute atomic E-state index is 13.3. The van der Waals surface area contributed by atoms with E-state index in [-0.39, 0.29) is 11.4 Å². The Morgan fingerprint density at radius 1 is 1.47 bits per heavy atom. The molecule has 0 aromatic heterocycles. The zero-order valence-electron chi connectivity index (χ0n) is 10.8. The van der Waals surface area contributed by atoms with Gasteiger partial charge in [0.15, 0.2) is 5.75 Å². The predicted molar refractivity (Wildman–Crippen MR) is 68.9 cm³/mol. The minimum Gasteiger partial charge on any atom is -0.487 e. The lowest BCUT2D eigenvalue weighted by Gasteiger charge is -2.22. The molecule has 0 amide bonds. The predicted octanol–water partition coefficient (Wildman–Crippen LogP) is 2.42. The van der Waals surface area contributed by atoms with Gasteiger partial charge in [0.25, 0.3) is 0 Å². The molecule has 1 aromatic carbocycles. The highest BCUT2D eigenvalue weighted by molar-refractivity contribution is 5.48. The van der Waals surface area contributed by atoms with Crippen LogP contribution in [-0.2, 0) is 0 Å². The first-order valence-corrected chi connectivity index (χ1v) is 6.36. The SMILES string of the molecule is Cc1cc(OCC2CCNCC2)c([N+](=O)[O-])cc1F. The largest absolute Gasteiger partial charge is 0.487 e. The number of ether oxygens (including phenoxy) is 1. The number of benzene rings is 1. The van der Waals surface area contributed by atoms with E-state index in [1.807, 2.05) is 0 Å². The summed E-state index contributed by atoms with van der Waals surface area (Å²) in [5.41, 5.74) is 0.0444. The molecule has 1 aliphatic rings. The number of nitro groups is 1. The molecule has 0 atom stereocenters. The van der Waals surface area contributed by atoms with E-state index in [9.17, 15) is 14.5 Å². The molecule has 1 heterocycles. The van der Waals surface area contributed by atoms with Crippen LogP contribution < -0.4 is 10.1 Å². The average molecular weight is 268 g/mol. The van der Waals surface area contributed by atoms with Gasteiger partial charge in [0.05, 0.1) is 17.6 Å². The van der Waals surface area contributed by atoms with E-state index < -0.39 is 10.7 Å². The summed E-state index contributed by atoms with van der Waals surface area (Å²) in [4.78, 5) is 10.3. The Balaban J connectivity index is 2.09. The van der Waals surface area contributed by atoms with Crippen molar-refractivity contribution in [3.8, 4) is 5.75 Å². The van der Waals surface area contributed by atoms with Gasteiger partial charge in [-0.2, -0.15) is 0 Å². The summed E-state index contributed by atoms with van der Waals surface area (Å²) in [6.07, 6.45) is 1.99. The smallest absolute Gasteiger partial charge is 0.313 e. The fourth-order valence-electron chi connectivity index (χ4n) is 2.16. The molecule has 0 aliphatic carbocycles. The number of nitrogens with one attached hydrogen (secondary N) is 1. The van der Waals surface area contributed by atoms with Gasteiger partial charge < -0.3 is 10.1 Å². The van der Waals surface area contributed by atoms with Gasteiger partial charge >= 0.3 is 5.69 Å². The monoisotopic (exact) mass is 268 g/mol. The van der Waals surface area contributed by atoms with Crippen molar-refractivity contribution in [3.63, 3.8) is 0 Å². The minimum atomic E-state index is -0.611. The van der Waals surface area contributed by atoms with E-state index in [2.05, 4.69) is 5.32 Å². The van der Waals surface area contributed by atoms with Crippen molar-refractivity contribution < 1.29 is 14.1 Å². The summed E-state index contributed by atoms with van der Waals surface area (Å²) in [7, 11) is 0. The molecule has 19 heavy (non-hydrogen) atoms. The van der Waals surface area contributed by atoms with Gasteiger partial charge in [-0.1, -0.05) is 0 Å². The van der Waals surface area contributed by atoms with E-state index in [4.69, 9.17) is 4.74 Å². The van der Waals surface area contributed by atoms with E-state index in [1.54, 1.807) is 6.92 Å². The summed E-state index contributed by atoms with van der Waals surface area (Å²) in [5, 5.41) is 14.1. The fraction of sp³-hybridized carbons (Fsp3) is 0.538. The first-order valence-electron chi connectivity index (χ1n) is 6.36. The van der Waals surface area contributed by atoms with Gasteiger partial charge in [-0.15, -0.1) is 0 Å². The molecule has 1 fully saturated rings. The molecule has 0 bridgehead atoms. The van der Waals surface area contributed by atoms with Crippen molar-refractivity contribution >= 4 is 5.69 Å². The lowest BCUT2D eigenvalue weighted by molar-refractivity contribution is -0.386. The second-order valence-electron chi connectivity index (χ2n) is 4.83. The number of rotatable bonds is 4. The van der Waals surface area contributed by atoms with Crippen LogP contribution in [0.1, 0.15) is 18.4 Å². The standard InChI is InChI=1S/C13H17FN2O3/c1-9-6-13(12(16(17)18)7-11(9)14)19-8-10-2-4-15-5-3-10/h6-7,10,15H,2-5,8H2,1H3. The third kappa shape index (κ3) is 3.41. The number of hydrogen-bond donors (Lipinski definition) is 1. The summed E-state index contributed by atoms with van der Waals surface area (Å²) in [6, 6.07) is 2.32.